The molecule has 0 aliphatic rings. The van der Waals surface area contributed by atoms with Crippen molar-refractivity contribution in [1.82, 2.24) is 0 Å². The van der Waals surface area contributed by atoms with Crippen LogP contribution in [0.2, 0.25) is 0 Å². The Hall–Kier alpha value is -1.69. The van der Waals surface area contributed by atoms with Gasteiger partial charge in [-0.25, -0.2) is 8.78 Å². The summed E-state index contributed by atoms with van der Waals surface area (Å²) in [5.41, 5.74) is 5.68. The van der Waals surface area contributed by atoms with Gasteiger partial charge in [0.2, 0.25) is 0 Å². The summed E-state index contributed by atoms with van der Waals surface area (Å²) in [6, 6.07) is 1.43. The highest BCUT2D eigenvalue weighted by molar-refractivity contribution is 5.66. The molecule has 0 radical (unpaired) electrons. The van der Waals surface area contributed by atoms with Crippen molar-refractivity contribution >= 4 is 5.97 Å². The summed E-state index contributed by atoms with van der Waals surface area (Å²) in [6.07, 6.45) is -0.110. The third-order valence-corrected chi connectivity index (χ3v) is 2.35. The Morgan fingerprint density at radius 2 is 2.18 bits per heavy atom. The number of hydrogen-bond donors (Lipinski definition) is 2. The number of carboxylic acid groups (broad SMARTS) is 1. The van der Waals surface area contributed by atoms with E-state index in [4.69, 9.17) is 10.8 Å². The molecule has 0 amide bonds. The minimum absolute atomic E-state index is 0.0458. The molecular formula is C11H13F2NO3. The van der Waals surface area contributed by atoms with E-state index in [1.807, 2.05) is 0 Å². The van der Waals surface area contributed by atoms with Crippen LogP contribution in [-0.4, -0.2) is 18.2 Å². The Morgan fingerprint density at radius 3 is 2.71 bits per heavy atom. The van der Waals surface area contributed by atoms with Gasteiger partial charge in [-0.15, -0.1) is 0 Å². The zero-order chi connectivity index (χ0) is 13.0. The maximum Gasteiger partial charge on any atom is 0.303 e. The second-order valence-electron chi connectivity index (χ2n) is 3.52. The molecule has 0 bridgehead atoms. The van der Waals surface area contributed by atoms with E-state index < -0.39 is 29.4 Å². The van der Waals surface area contributed by atoms with Crippen LogP contribution in [0.5, 0.6) is 5.75 Å². The van der Waals surface area contributed by atoms with Crippen molar-refractivity contribution in [2.75, 3.05) is 7.11 Å². The largest absolute Gasteiger partial charge is 0.491 e. The van der Waals surface area contributed by atoms with Crippen molar-refractivity contribution in [2.24, 2.45) is 5.73 Å². The van der Waals surface area contributed by atoms with Gasteiger partial charge in [0, 0.05) is 18.0 Å². The van der Waals surface area contributed by atoms with Crippen molar-refractivity contribution in [3.8, 4) is 5.75 Å². The summed E-state index contributed by atoms with van der Waals surface area (Å²) in [5, 5.41) is 8.49. The van der Waals surface area contributed by atoms with Crippen LogP contribution in [0.25, 0.3) is 0 Å². The molecule has 1 rings (SSSR count). The SMILES string of the molecule is COc1c(F)ccc(C(N)CCC(=O)O)c1F. The van der Waals surface area contributed by atoms with E-state index in [1.165, 1.54) is 6.07 Å². The van der Waals surface area contributed by atoms with Crippen molar-refractivity contribution in [2.45, 2.75) is 18.9 Å². The summed E-state index contributed by atoms with van der Waals surface area (Å²) in [6.45, 7) is 0. The Bertz CT molecular complexity index is 423. The van der Waals surface area contributed by atoms with Gasteiger partial charge >= 0.3 is 5.97 Å². The number of nitrogens with two attached hydrogens (primary N) is 1. The predicted octanol–water partition coefficient (Wildman–Crippen LogP) is 1.84. The standard InChI is InChI=1S/C11H13F2NO3/c1-17-11-7(12)3-2-6(10(11)13)8(14)4-5-9(15)16/h2-3,8H,4-5,14H2,1H3,(H,15,16). The summed E-state index contributed by atoms with van der Waals surface area (Å²) >= 11 is 0. The van der Waals surface area contributed by atoms with Crippen LogP contribution in [0.1, 0.15) is 24.4 Å². The first kappa shape index (κ1) is 13.4. The lowest BCUT2D eigenvalue weighted by Crippen LogP contribution is -2.14. The molecule has 0 heterocycles. The highest BCUT2D eigenvalue weighted by Crippen LogP contribution is 2.28. The third-order valence-electron chi connectivity index (χ3n) is 2.35. The van der Waals surface area contributed by atoms with Gasteiger partial charge < -0.3 is 15.6 Å². The van der Waals surface area contributed by atoms with E-state index in [0.29, 0.717) is 0 Å². The van der Waals surface area contributed by atoms with Crippen molar-refractivity contribution in [3.63, 3.8) is 0 Å². The monoisotopic (exact) mass is 245 g/mol. The first-order valence-electron chi connectivity index (χ1n) is 4.96. The molecule has 1 atom stereocenters. The number of carbonyl (C=O) groups is 1. The van der Waals surface area contributed by atoms with Gasteiger partial charge in [-0.05, 0) is 12.5 Å². The number of halogens is 2. The molecule has 0 saturated carbocycles. The minimum Gasteiger partial charge on any atom is -0.491 e. The number of hydrogen-bond acceptors (Lipinski definition) is 3. The van der Waals surface area contributed by atoms with Crippen LogP contribution in [0.4, 0.5) is 8.78 Å². The number of carboxylic acids is 1. The fourth-order valence-corrected chi connectivity index (χ4v) is 1.46. The highest BCUT2D eigenvalue weighted by Gasteiger charge is 2.19. The molecule has 4 nitrogen and oxygen atoms in total. The number of aliphatic carboxylic acids is 1. The van der Waals surface area contributed by atoms with Crippen LogP contribution in [0, 0.1) is 11.6 Å². The fraction of sp³-hybridized carbons (Fsp3) is 0.364. The molecule has 0 saturated heterocycles. The zero-order valence-electron chi connectivity index (χ0n) is 9.24. The van der Waals surface area contributed by atoms with E-state index in [-0.39, 0.29) is 18.4 Å². The maximum absolute atomic E-state index is 13.7. The quantitative estimate of drug-likeness (QED) is 0.830. The van der Waals surface area contributed by atoms with Crippen molar-refractivity contribution in [3.05, 3.63) is 29.3 Å². The van der Waals surface area contributed by atoms with Crippen LogP contribution in [0.3, 0.4) is 0 Å². The lowest BCUT2D eigenvalue weighted by molar-refractivity contribution is -0.137. The highest BCUT2D eigenvalue weighted by atomic mass is 19.1. The van der Waals surface area contributed by atoms with Gasteiger partial charge in [-0.3, -0.25) is 4.79 Å². The molecule has 1 aromatic carbocycles. The topological polar surface area (TPSA) is 72.5 Å². The molecule has 1 unspecified atom stereocenters. The summed E-state index contributed by atoms with van der Waals surface area (Å²) in [4.78, 5) is 10.4. The predicted molar refractivity (Wildman–Crippen MR) is 56.7 cm³/mol. The molecule has 1 aromatic rings. The van der Waals surface area contributed by atoms with Gasteiger partial charge in [0.25, 0.3) is 0 Å². The average Bonchev–Trinajstić information content (AvgIpc) is 2.26. The first-order chi connectivity index (χ1) is 7.97. The van der Waals surface area contributed by atoms with E-state index in [0.717, 1.165) is 13.2 Å². The lowest BCUT2D eigenvalue weighted by Gasteiger charge is -2.14. The molecule has 3 N–H and O–H groups in total. The molecular weight excluding hydrogens is 232 g/mol. The Balaban J connectivity index is 2.94. The fourth-order valence-electron chi connectivity index (χ4n) is 1.46. The normalized spacial score (nSPS) is 12.2. The van der Waals surface area contributed by atoms with E-state index in [2.05, 4.69) is 4.74 Å². The van der Waals surface area contributed by atoms with Gasteiger partial charge in [-0.1, -0.05) is 6.07 Å². The smallest absolute Gasteiger partial charge is 0.303 e. The molecule has 0 aliphatic carbocycles. The van der Waals surface area contributed by atoms with E-state index >= 15 is 0 Å². The summed E-state index contributed by atoms with van der Waals surface area (Å²) in [7, 11) is 1.15. The Kier molecular flexibility index (Phi) is 4.39. The molecule has 0 spiro atoms. The third kappa shape index (κ3) is 3.13. The maximum atomic E-state index is 13.7. The summed E-state index contributed by atoms with van der Waals surface area (Å²) in [5.74, 6) is -3.23. The number of rotatable bonds is 5. The van der Waals surface area contributed by atoms with E-state index in [9.17, 15) is 13.6 Å². The molecule has 6 heteroatoms. The van der Waals surface area contributed by atoms with Gasteiger partial charge in [-0.2, -0.15) is 0 Å². The van der Waals surface area contributed by atoms with Crippen LogP contribution in [-0.2, 0) is 4.79 Å². The van der Waals surface area contributed by atoms with Gasteiger partial charge in [0.1, 0.15) is 0 Å². The second-order valence-corrected chi connectivity index (χ2v) is 3.52. The Morgan fingerprint density at radius 1 is 1.53 bits per heavy atom. The Labute approximate surface area is 97.0 Å². The second kappa shape index (κ2) is 5.58. The number of methoxy groups -OCH3 is 1. The minimum atomic E-state index is -1.02. The molecule has 0 fully saturated rings. The van der Waals surface area contributed by atoms with Crippen LogP contribution in [0.15, 0.2) is 12.1 Å². The van der Waals surface area contributed by atoms with Gasteiger partial charge in [0.15, 0.2) is 17.4 Å². The molecule has 94 valence electrons. The number of benzene rings is 1. The zero-order valence-corrected chi connectivity index (χ0v) is 9.24. The summed E-state index contributed by atoms with van der Waals surface area (Å²) < 4.78 is 31.4. The van der Waals surface area contributed by atoms with Crippen molar-refractivity contribution < 1.29 is 23.4 Å². The average molecular weight is 245 g/mol. The van der Waals surface area contributed by atoms with E-state index in [1.54, 1.807) is 0 Å². The van der Waals surface area contributed by atoms with Gasteiger partial charge in [0.05, 0.1) is 7.11 Å². The molecule has 17 heavy (non-hydrogen) atoms. The number of ether oxygens (including phenoxy) is 1. The van der Waals surface area contributed by atoms with Crippen LogP contribution >= 0.6 is 0 Å². The molecule has 0 aliphatic heterocycles. The molecule has 0 aromatic heterocycles. The lowest BCUT2D eigenvalue weighted by atomic mass is 10.0. The first-order valence-corrected chi connectivity index (χ1v) is 4.96. The van der Waals surface area contributed by atoms with Crippen LogP contribution < -0.4 is 10.5 Å². The van der Waals surface area contributed by atoms with Crippen molar-refractivity contribution in [1.29, 1.82) is 0 Å².